The van der Waals surface area contributed by atoms with E-state index in [2.05, 4.69) is 21.2 Å². The van der Waals surface area contributed by atoms with Gasteiger partial charge < -0.3 is 4.74 Å². The topological polar surface area (TPSA) is 38.3 Å². The first-order valence-corrected chi connectivity index (χ1v) is 7.52. The summed E-state index contributed by atoms with van der Waals surface area (Å²) in [4.78, 5) is 12.9. The molecule has 5 heteroatoms. The summed E-state index contributed by atoms with van der Waals surface area (Å²) in [6, 6.07) is 1.67. The third-order valence-electron chi connectivity index (χ3n) is 2.70. The fraction of sp³-hybridized carbons (Fsp3) is 0.583. The molecule has 0 bridgehead atoms. The van der Waals surface area contributed by atoms with Crippen LogP contribution in [-0.2, 0) is 9.53 Å². The van der Waals surface area contributed by atoms with E-state index in [1.807, 2.05) is 18.4 Å². The molecule has 1 aliphatic rings. The molecule has 0 aromatic carbocycles. The minimum atomic E-state index is -0.313. The van der Waals surface area contributed by atoms with Crippen LogP contribution in [0.25, 0.3) is 0 Å². The van der Waals surface area contributed by atoms with Crippen molar-refractivity contribution in [3.05, 3.63) is 20.8 Å². The molecule has 0 amide bonds. The highest BCUT2D eigenvalue weighted by Crippen LogP contribution is 2.30. The van der Waals surface area contributed by atoms with E-state index in [1.54, 1.807) is 11.3 Å². The van der Waals surface area contributed by atoms with Gasteiger partial charge in [-0.2, -0.15) is 0 Å². The smallest absolute Gasteiger partial charge is 0.328 e. The summed E-state index contributed by atoms with van der Waals surface area (Å²) < 4.78 is 6.12. The van der Waals surface area contributed by atoms with Crippen molar-refractivity contribution in [1.29, 1.82) is 0 Å². The third-order valence-corrected chi connectivity index (χ3v) is 4.46. The number of carbonyl (C=O) groups is 1. The lowest BCUT2D eigenvalue weighted by molar-refractivity contribution is -0.145. The highest BCUT2D eigenvalue weighted by atomic mass is 79.9. The Labute approximate surface area is 114 Å². The molecule has 3 nitrogen and oxygen atoms in total. The lowest BCUT2D eigenvalue weighted by atomic mass is 10.2. The van der Waals surface area contributed by atoms with Gasteiger partial charge in [-0.3, -0.25) is 5.32 Å². The summed E-state index contributed by atoms with van der Waals surface area (Å²) >= 11 is 4.99. The summed E-state index contributed by atoms with van der Waals surface area (Å²) in [5, 5.41) is 5.30. The Hall–Kier alpha value is -0.390. The van der Waals surface area contributed by atoms with Crippen molar-refractivity contribution >= 4 is 33.2 Å². The summed E-state index contributed by atoms with van der Waals surface area (Å²) in [5.41, 5.74) is 0. The van der Waals surface area contributed by atoms with E-state index in [0.29, 0.717) is 6.61 Å². The first kappa shape index (κ1) is 13.1. The first-order valence-electron chi connectivity index (χ1n) is 5.84. The Morgan fingerprint density at radius 1 is 1.71 bits per heavy atom. The zero-order valence-corrected chi connectivity index (χ0v) is 12.1. The molecule has 1 fully saturated rings. The lowest BCUT2D eigenvalue weighted by Gasteiger charge is -2.15. The van der Waals surface area contributed by atoms with Gasteiger partial charge in [-0.1, -0.05) is 0 Å². The van der Waals surface area contributed by atoms with Gasteiger partial charge in [0, 0.05) is 14.7 Å². The fourth-order valence-electron chi connectivity index (χ4n) is 1.61. The highest BCUT2D eigenvalue weighted by molar-refractivity contribution is 9.10. The highest BCUT2D eigenvalue weighted by Gasteiger charge is 2.27. The van der Waals surface area contributed by atoms with Gasteiger partial charge in [0.25, 0.3) is 0 Å². The van der Waals surface area contributed by atoms with Crippen molar-refractivity contribution in [3.8, 4) is 0 Å². The normalized spacial score (nSPS) is 16.8. The van der Waals surface area contributed by atoms with Crippen LogP contribution in [0, 0.1) is 5.92 Å². The quantitative estimate of drug-likeness (QED) is 0.819. The SMILES string of the molecule is CCOC(=O)C(NCC1CC1)c1cc(Br)cs1. The van der Waals surface area contributed by atoms with Crippen molar-refractivity contribution in [3.63, 3.8) is 0 Å². The predicted molar refractivity (Wildman–Crippen MR) is 72.1 cm³/mol. The van der Waals surface area contributed by atoms with E-state index >= 15 is 0 Å². The Bertz CT molecular complexity index is 390. The molecular formula is C12H16BrNO2S. The van der Waals surface area contributed by atoms with Crippen LogP contribution >= 0.6 is 27.3 Å². The number of carbonyl (C=O) groups excluding carboxylic acids is 1. The van der Waals surface area contributed by atoms with Gasteiger partial charge >= 0.3 is 5.97 Å². The summed E-state index contributed by atoms with van der Waals surface area (Å²) in [5.74, 6) is 0.567. The van der Waals surface area contributed by atoms with E-state index in [-0.39, 0.29) is 12.0 Å². The maximum Gasteiger partial charge on any atom is 0.328 e. The number of thiophene rings is 1. The van der Waals surface area contributed by atoms with E-state index in [0.717, 1.165) is 21.8 Å². The lowest BCUT2D eigenvalue weighted by Crippen LogP contribution is -2.31. The average Bonchev–Trinajstić information content (AvgIpc) is 3.02. The molecule has 1 aromatic heterocycles. The molecule has 1 unspecified atom stereocenters. The number of halogens is 1. The van der Waals surface area contributed by atoms with E-state index < -0.39 is 0 Å². The van der Waals surface area contributed by atoms with Crippen molar-refractivity contribution in [2.24, 2.45) is 5.92 Å². The number of esters is 1. The van der Waals surface area contributed by atoms with Gasteiger partial charge in [0.05, 0.1) is 6.61 Å². The van der Waals surface area contributed by atoms with Crippen molar-refractivity contribution in [2.45, 2.75) is 25.8 Å². The van der Waals surface area contributed by atoms with Crippen LogP contribution in [0.15, 0.2) is 15.9 Å². The fourth-order valence-corrected chi connectivity index (χ4v) is 3.12. The van der Waals surface area contributed by atoms with Gasteiger partial charge in [0.1, 0.15) is 6.04 Å². The molecular weight excluding hydrogens is 302 g/mol. The van der Waals surface area contributed by atoms with Gasteiger partial charge in [-0.15, -0.1) is 11.3 Å². The standard InChI is InChI=1S/C12H16BrNO2S/c1-2-16-12(15)11(14-6-8-3-4-8)10-5-9(13)7-17-10/h5,7-8,11,14H,2-4,6H2,1H3. The molecule has 1 saturated carbocycles. The van der Waals surface area contributed by atoms with Crippen LogP contribution in [-0.4, -0.2) is 19.1 Å². The van der Waals surface area contributed by atoms with Crippen LogP contribution in [0.5, 0.6) is 0 Å². The molecule has 0 spiro atoms. The molecule has 2 rings (SSSR count). The van der Waals surface area contributed by atoms with Crippen LogP contribution in [0.3, 0.4) is 0 Å². The Kier molecular flexibility index (Phi) is 4.59. The Morgan fingerprint density at radius 3 is 3.00 bits per heavy atom. The average molecular weight is 318 g/mol. The van der Waals surface area contributed by atoms with Gasteiger partial charge in [0.2, 0.25) is 0 Å². The summed E-state index contributed by atoms with van der Waals surface area (Å²) in [6.45, 7) is 3.16. The number of ether oxygens (including phenoxy) is 1. The second kappa shape index (κ2) is 5.98. The molecule has 0 aliphatic heterocycles. The minimum absolute atomic E-state index is 0.178. The van der Waals surface area contributed by atoms with E-state index in [4.69, 9.17) is 4.74 Å². The van der Waals surface area contributed by atoms with E-state index in [1.165, 1.54) is 12.8 Å². The van der Waals surface area contributed by atoms with Crippen LogP contribution in [0.4, 0.5) is 0 Å². The zero-order chi connectivity index (χ0) is 12.3. The maximum absolute atomic E-state index is 11.9. The van der Waals surface area contributed by atoms with Crippen LogP contribution < -0.4 is 5.32 Å². The van der Waals surface area contributed by atoms with Crippen molar-refractivity contribution in [1.82, 2.24) is 5.32 Å². The minimum Gasteiger partial charge on any atom is -0.465 e. The third kappa shape index (κ3) is 3.79. The first-order chi connectivity index (χ1) is 8.20. The largest absolute Gasteiger partial charge is 0.465 e. The Balaban J connectivity index is 2.01. The second-order valence-corrected chi connectivity index (χ2v) is 6.06. The molecule has 1 heterocycles. The predicted octanol–water partition coefficient (Wildman–Crippen LogP) is 3.11. The van der Waals surface area contributed by atoms with Crippen molar-refractivity contribution < 1.29 is 9.53 Å². The number of hydrogen-bond donors (Lipinski definition) is 1. The van der Waals surface area contributed by atoms with E-state index in [9.17, 15) is 4.79 Å². The van der Waals surface area contributed by atoms with Gasteiger partial charge in [-0.25, -0.2) is 4.79 Å². The van der Waals surface area contributed by atoms with Crippen LogP contribution in [0.1, 0.15) is 30.7 Å². The number of nitrogens with one attached hydrogen (secondary N) is 1. The molecule has 94 valence electrons. The molecule has 0 radical (unpaired) electrons. The molecule has 17 heavy (non-hydrogen) atoms. The molecule has 1 atom stereocenters. The molecule has 1 aromatic rings. The van der Waals surface area contributed by atoms with Crippen molar-refractivity contribution in [2.75, 3.05) is 13.2 Å². The van der Waals surface area contributed by atoms with Gasteiger partial charge in [0.15, 0.2) is 0 Å². The maximum atomic E-state index is 11.9. The summed E-state index contributed by atoms with van der Waals surface area (Å²) in [7, 11) is 0. The zero-order valence-electron chi connectivity index (χ0n) is 9.74. The number of hydrogen-bond acceptors (Lipinski definition) is 4. The number of rotatable bonds is 6. The molecule has 1 aliphatic carbocycles. The second-order valence-electron chi connectivity index (χ2n) is 4.20. The molecule has 0 saturated heterocycles. The molecule has 1 N–H and O–H groups in total. The monoisotopic (exact) mass is 317 g/mol. The Morgan fingerprint density at radius 2 is 2.47 bits per heavy atom. The summed E-state index contributed by atoms with van der Waals surface area (Å²) in [6.07, 6.45) is 2.55. The van der Waals surface area contributed by atoms with Crippen LogP contribution in [0.2, 0.25) is 0 Å². The van der Waals surface area contributed by atoms with Gasteiger partial charge in [-0.05, 0) is 54.2 Å².